The number of benzene rings is 1. The van der Waals surface area contributed by atoms with Crippen molar-refractivity contribution >= 4 is 0 Å². The quantitative estimate of drug-likeness (QED) is 0.810. The summed E-state index contributed by atoms with van der Waals surface area (Å²) in [5.41, 5.74) is 1.23. The molecule has 0 aromatic heterocycles. The zero-order valence-electron chi connectivity index (χ0n) is 11.7. The number of hydrogen-bond acceptors (Lipinski definition) is 2. The lowest BCUT2D eigenvalue weighted by Crippen LogP contribution is -2.35. The molecule has 0 bridgehead atoms. The normalized spacial score (nSPS) is 14.7. The number of para-hydroxylation sites is 1. The van der Waals surface area contributed by atoms with Gasteiger partial charge in [0.1, 0.15) is 5.75 Å². The minimum Gasteiger partial charge on any atom is -0.496 e. The van der Waals surface area contributed by atoms with Crippen LogP contribution in [0.25, 0.3) is 0 Å². The van der Waals surface area contributed by atoms with Gasteiger partial charge >= 0.3 is 0 Å². The van der Waals surface area contributed by atoms with Crippen LogP contribution < -0.4 is 10.1 Å². The summed E-state index contributed by atoms with van der Waals surface area (Å²) >= 11 is 0. The molecule has 0 spiro atoms. The van der Waals surface area contributed by atoms with Crippen molar-refractivity contribution in [1.29, 1.82) is 0 Å². The summed E-state index contributed by atoms with van der Waals surface area (Å²) < 4.78 is 5.40. The second kappa shape index (κ2) is 6.65. The molecule has 0 saturated heterocycles. The summed E-state index contributed by atoms with van der Waals surface area (Å²) in [7, 11) is 1.73. The Morgan fingerprint density at radius 3 is 2.35 bits per heavy atom. The maximum Gasteiger partial charge on any atom is 0.123 e. The molecule has 2 unspecified atom stereocenters. The van der Waals surface area contributed by atoms with E-state index in [0.717, 1.165) is 12.2 Å². The van der Waals surface area contributed by atoms with Gasteiger partial charge in [0.25, 0.3) is 0 Å². The predicted octanol–water partition coefficient (Wildman–Crippen LogP) is 3.78. The molecule has 0 saturated carbocycles. The molecule has 1 aromatic rings. The molecule has 96 valence electrons. The molecule has 0 aliphatic rings. The topological polar surface area (TPSA) is 21.3 Å². The van der Waals surface area contributed by atoms with Crippen LogP contribution in [-0.4, -0.2) is 13.2 Å². The first kappa shape index (κ1) is 14.0. The number of ether oxygens (including phenoxy) is 1. The first-order valence-electron chi connectivity index (χ1n) is 6.49. The Balaban J connectivity index is 2.78. The van der Waals surface area contributed by atoms with Gasteiger partial charge in [0.2, 0.25) is 0 Å². The molecule has 0 amide bonds. The molecule has 1 rings (SSSR count). The van der Waals surface area contributed by atoms with Crippen molar-refractivity contribution in [3.05, 3.63) is 29.8 Å². The van der Waals surface area contributed by atoms with Crippen molar-refractivity contribution < 1.29 is 4.74 Å². The van der Waals surface area contributed by atoms with Crippen LogP contribution in [0.15, 0.2) is 24.3 Å². The molecule has 0 aliphatic carbocycles. The highest BCUT2D eigenvalue weighted by molar-refractivity contribution is 5.35. The van der Waals surface area contributed by atoms with E-state index < -0.39 is 0 Å². The van der Waals surface area contributed by atoms with Crippen molar-refractivity contribution in [1.82, 2.24) is 5.32 Å². The van der Waals surface area contributed by atoms with Gasteiger partial charge < -0.3 is 10.1 Å². The van der Waals surface area contributed by atoms with Crippen molar-refractivity contribution in [2.24, 2.45) is 5.92 Å². The fourth-order valence-electron chi connectivity index (χ4n) is 2.22. The molecule has 2 atom stereocenters. The van der Waals surface area contributed by atoms with Gasteiger partial charge in [-0.25, -0.2) is 0 Å². The third-order valence-corrected chi connectivity index (χ3v) is 3.31. The molecule has 0 heterocycles. The SMILES string of the molecule is CCC(NC(C)c1ccccc1OC)C(C)C. The molecule has 0 fully saturated rings. The van der Waals surface area contributed by atoms with Gasteiger partial charge in [0, 0.05) is 17.6 Å². The van der Waals surface area contributed by atoms with Crippen LogP contribution in [0, 0.1) is 5.92 Å². The highest BCUT2D eigenvalue weighted by Crippen LogP contribution is 2.25. The second-order valence-corrected chi connectivity index (χ2v) is 4.89. The lowest BCUT2D eigenvalue weighted by atomic mass is 9.99. The summed E-state index contributed by atoms with van der Waals surface area (Å²) in [4.78, 5) is 0. The smallest absolute Gasteiger partial charge is 0.123 e. The molecule has 2 heteroatoms. The number of hydrogen-bond donors (Lipinski definition) is 1. The van der Waals surface area contributed by atoms with Gasteiger partial charge in [-0.3, -0.25) is 0 Å². The van der Waals surface area contributed by atoms with Gasteiger partial charge in [-0.15, -0.1) is 0 Å². The fraction of sp³-hybridized carbons (Fsp3) is 0.600. The average molecular weight is 235 g/mol. The van der Waals surface area contributed by atoms with Crippen LogP contribution in [0.4, 0.5) is 0 Å². The lowest BCUT2D eigenvalue weighted by molar-refractivity contribution is 0.345. The zero-order valence-corrected chi connectivity index (χ0v) is 11.7. The lowest BCUT2D eigenvalue weighted by Gasteiger charge is -2.26. The van der Waals surface area contributed by atoms with E-state index in [1.165, 1.54) is 5.56 Å². The van der Waals surface area contributed by atoms with Crippen LogP contribution >= 0.6 is 0 Å². The Morgan fingerprint density at radius 2 is 1.82 bits per heavy atom. The fourth-order valence-corrected chi connectivity index (χ4v) is 2.22. The molecule has 1 N–H and O–H groups in total. The highest BCUT2D eigenvalue weighted by atomic mass is 16.5. The Labute approximate surface area is 105 Å². The van der Waals surface area contributed by atoms with Crippen LogP contribution in [0.1, 0.15) is 45.7 Å². The molecular formula is C15H25NO. The maximum atomic E-state index is 5.40. The third kappa shape index (κ3) is 3.74. The minimum atomic E-state index is 0.318. The zero-order chi connectivity index (χ0) is 12.8. The summed E-state index contributed by atoms with van der Waals surface area (Å²) in [6.07, 6.45) is 1.15. The van der Waals surface area contributed by atoms with Gasteiger partial charge in [-0.2, -0.15) is 0 Å². The van der Waals surface area contributed by atoms with E-state index in [4.69, 9.17) is 4.74 Å². The van der Waals surface area contributed by atoms with Crippen molar-refractivity contribution in [2.45, 2.75) is 46.2 Å². The van der Waals surface area contributed by atoms with Crippen LogP contribution in [0.2, 0.25) is 0 Å². The van der Waals surface area contributed by atoms with Crippen molar-refractivity contribution in [3.63, 3.8) is 0 Å². The van der Waals surface area contributed by atoms with Gasteiger partial charge in [-0.1, -0.05) is 39.0 Å². The summed E-state index contributed by atoms with van der Waals surface area (Å²) in [5.74, 6) is 1.61. The van der Waals surface area contributed by atoms with E-state index in [2.05, 4.69) is 45.1 Å². The minimum absolute atomic E-state index is 0.318. The standard InChI is InChI=1S/C15H25NO/c1-6-14(11(2)3)16-12(4)13-9-7-8-10-15(13)17-5/h7-12,14,16H,6H2,1-5H3. The van der Waals surface area contributed by atoms with Crippen molar-refractivity contribution in [3.8, 4) is 5.75 Å². The Bertz CT molecular complexity index is 335. The first-order chi connectivity index (χ1) is 8.10. The molecular weight excluding hydrogens is 210 g/mol. The highest BCUT2D eigenvalue weighted by Gasteiger charge is 2.16. The average Bonchev–Trinajstić information content (AvgIpc) is 2.35. The van der Waals surface area contributed by atoms with Crippen molar-refractivity contribution in [2.75, 3.05) is 7.11 Å². The van der Waals surface area contributed by atoms with Gasteiger partial charge in [-0.05, 0) is 25.3 Å². The monoisotopic (exact) mass is 235 g/mol. The summed E-state index contributed by atoms with van der Waals surface area (Å²) in [6.45, 7) is 8.95. The molecule has 2 nitrogen and oxygen atoms in total. The number of nitrogens with one attached hydrogen (secondary N) is 1. The van der Waals surface area contributed by atoms with Crippen LogP contribution in [0.3, 0.4) is 0 Å². The van der Waals surface area contributed by atoms with Gasteiger partial charge in [0.15, 0.2) is 0 Å². The number of methoxy groups -OCH3 is 1. The Kier molecular flexibility index (Phi) is 5.49. The summed E-state index contributed by atoms with van der Waals surface area (Å²) in [5, 5.41) is 3.68. The van der Waals surface area contributed by atoms with E-state index in [0.29, 0.717) is 18.0 Å². The second-order valence-electron chi connectivity index (χ2n) is 4.89. The van der Waals surface area contributed by atoms with Crippen LogP contribution in [0.5, 0.6) is 5.75 Å². The van der Waals surface area contributed by atoms with Crippen LogP contribution in [-0.2, 0) is 0 Å². The predicted molar refractivity (Wildman–Crippen MR) is 73.5 cm³/mol. The van der Waals surface area contributed by atoms with E-state index in [1.54, 1.807) is 7.11 Å². The molecule has 0 radical (unpaired) electrons. The molecule has 1 aromatic carbocycles. The number of rotatable bonds is 6. The van der Waals surface area contributed by atoms with E-state index in [1.807, 2.05) is 12.1 Å². The Morgan fingerprint density at radius 1 is 1.18 bits per heavy atom. The largest absolute Gasteiger partial charge is 0.496 e. The molecule has 0 aliphatic heterocycles. The molecule has 17 heavy (non-hydrogen) atoms. The van der Waals surface area contributed by atoms with Gasteiger partial charge in [0.05, 0.1) is 7.11 Å². The van der Waals surface area contributed by atoms with E-state index in [9.17, 15) is 0 Å². The third-order valence-electron chi connectivity index (χ3n) is 3.31. The summed E-state index contributed by atoms with van der Waals surface area (Å²) in [6, 6.07) is 9.09. The Hall–Kier alpha value is -1.02. The van der Waals surface area contributed by atoms with E-state index >= 15 is 0 Å². The maximum absolute atomic E-state index is 5.40. The van der Waals surface area contributed by atoms with E-state index in [-0.39, 0.29) is 0 Å². The first-order valence-corrected chi connectivity index (χ1v) is 6.49.